The molecular formula is C16H17NO2S. The van der Waals surface area contributed by atoms with Gasteiger partial charge in [0.2, 0.25) is 0 Å². The molecule has 0 aliphatic carbocycles. The van der Waals surface area contributed by atoms with Gasteiger partial charge in [0.05, 0.1) is 10.6 Å². The topological polar surface area (TPSA) is 50.2 Å². The molecule has 0 atom stereocenters. The molecule has 0 bridgehead atoms. The molecule has 0 saturated heterocycles. The third-order valence-electron chi connectivity index (χ3n) is 3.19. The Bertz CT molecular complexity index is 630. The summed E-state index contributed by atoms with van der Waals surface area (Å²) in [7, 11) is 0. The van der Waals surface area contributed by atoms with Crippen LogP contribution in [0.15, 0.2) is 35.5 Å². The van der Waals surface area contributed by atoms with Gasteiger partial charge in [-0.2, -0.15) is 0 Å². The molecule has 2 rings (SSSR count). The lowest BCUT2D eigenvalue weighted by Crippen LogP contribution is -1.97. The lowest BCUT2D eigenvalue weighted by atomic mass is 10.0. The van der Waals surface area contributed by atoms with Crippen molar-refractivity contribution in [2.24, 2.45) is 0 Å². The van der Waals surface area contributed by atoms with Crippen LogP contribution in [0.3, 0.4) is 0 Å². The van der Waals surface area contributed by atoms with Crippen LogP contribution in [0.4, 0.5) is 0 Å². The van der Waals surface area contributed by atoms with Crippen LogP contribution in [0, 0.1) is 20.8 Å². The van der Waals surface area contributed by atoms with Gasteiger partial charge in [-0.15, -0.1) is 11.8 Å². The molecule has 0 fully saturated rings. The van der Waals surface area contributed by atoms with Crippen LogP contribution < -0.4 is 0 Å². The Morgan fingerprint density at radius 2 is 1.85 bits per heavy atom. The minimum Gasteiger partial charge on any atom is -0.478 e. The normalized spacial score (nSPS) is 10.6. The summed E-state index contributed by atoms with van der Waals surface area (Å²) in [6, 6.07) is 7.47. The van der Waals surface area contributed by atoms with Gasteiger partial charge in [0.25, 0.3) is 0 Å². The molecule has 1 aromatic carbocycles. The van der Waals surface area contributed by atoms with Crippen LogP contribution in [0.2, 0.25) is 0 Å². The van der Waals surface area contributed by atoms with Crippen LogP contribution in [-0.4, -0.2) is 16.1 Å². The molecule has 0 aliphatic rings. The number of benzene rings is 1. The van der Waals surface area contributed by atoms with Crippen molar-refractivity contribution < 1.29 is 9.90 Å². The van der Waals surface area contributed by atoms with Crippen LogP contribution in [0.1, 0.15) is 32.6 Å². The molecule has 0 spiro atoms. The third-order valence-corrected chi connectivity index (χ3v) is 4.14. The Balaban J connectivity index is 2.17. The quantitative estimate of drug-likeness (QED) is 0.864. The van der Waals surface area contributed by atoms with E-state index < -0.39 is 5.97 Å². The van der Waals surface area contributed by atoms with Crippen LogP contribution >= 0.6 is 11.8 Å². The lowest BCUT2D eigenvalue weighted by molar-refractivity contribution is 0.0696. The van der Waals surface area contributed by atoms with Crippen LogP contribution in [-0.2, 0) is 5.75 Å². The Labute approximate surface area is 123 Å². The first-order valence-corrected chi connectivity index (χ1v) is 7.35. The first kappa shape index (κ1) is 14.6. The van der Waals surface area contributed by atoms with Crippen molar-refractivity contribution in [3.63, 3.8) is 0 Å². The molecule has 3 nitrogen and oxygen atoms in total. The first-order chi connectivity index (χ1) is 9.47. The second kappa shape index (κ2) is 6.09. The minimum atomic E-state index is -0.919. The molecular weight excluding hydrogens is 270 g/mol. The summed E-state index contributed by atoms with van der Waals surface area (Å²) in [4.78, 5) is 15.1. The van der Waals surface area contributed by atoms with E-state index >= 15 is 0 Å². The summed E-state index contributed by atoms with van der Waals surface area (Å²) in [5.41, 5.74) is 5.37. The smallest absolute Gasteiger partial charge is 0.335 e. The van der Waals surface area contributed by atoms with Gasteiger partial charge in [-0.1, -0.05) is 17.7 Å². The molecule has 1 N–H and O–H groups in total. The van der Waals surface area contributed by atoms with Gasteiger partial charge in [-0.25, -0.2) is 9.78 Å². The summed E-state index contributed by atoms with van der Waals surface area (Å²) in [5.74, 6) is -0.120. The number of aromatic carboxylic acids is 1. The number of hydrogen-bond donors (Lipinski definition) is 1. The highest BCUT2D eigenvalue weighted by molar-refractivity contribution is 7.98. The van der Waals surface area contributed by atoms with Crippen molar-refractivity contribution in [3.8, 4) is 0 Å². The molecule has 0 aliphatic heterocycles. The summed E-state index contributed by atoms with van der Waals surface area (Å²) >= 11 is 1.56. The molecule has 0 unspecified atom stereocenters. The SMILES string of the molecule is Cc1cc(C)c(CSc2cc(C(=O)O)ccn2)c(C)c1. The highest BCUT2D eigenvalue weighted by Crippen LogP contribution is 2.26. The van der Waals surface area contributed by atoms with Crippen molar-refractivity contribution >= 4 is 17.7 Å². The fourth-order valence-electron chi connectivity index (χ4n) is 2.21. The predicted octanol–water partition coefficient (Wildman–Crippen LogP) is 4.00. The summed E-state index contributed by atoms with van der Waals surface area (Å²) in [6.07, 6.45) is 1.54. The predicted molar refractivity (Wildman–Crippen MR) is 81.4 cm³/mol. The first-order valence-electron chi connectivity index (χ1n) is 6.36. The van der Waals surface area contributed by atoms with Crippen molar-refractivity contribution in [2.75, 3.05) is 0 Å². The third kappa shape index (κ3) is 3.39. The molecule has 0 amide bonds. The number of carboxylic acid groups (broad SMARTS) is 1. The maximum Gasteiger partial charge on any atom is 0.335 e. The average Bonchev–Trinajstić information content (AvgIpc) is 2.37. The minimum absolute atomic E-state index is 0.278. The molecule has 0 saturated carbocycles. The molecule has 1 aromatic heterocycles. The van der Waals surface area contributed by atoms with Crippen molar-refractivity contribution in [1.29, 1.82) is 0 Å². The van der Waals surface area contributed by atoms with Gasteiger partial charge < -0.3 is 5.11 Å². The van der Waals surface area contributed by atoms with Gasteiger partial charge >= 0.3 is 5.97 Å². The number of carboxylic acids is 1. The van der Waals surface area contributed by atoms with E-state index in [9.17, 15) is 4.79 Å². The molecule has 1 heterocycles. The maximum atomic E-state index is 10.9. The van der Waals surface area contributed by atoms with E-state index in [2.05, 4.69) is 37.9 Å². The van der Waals surface area contributed by atoms with E-state index in [1.165, 1.54) is 28.3 Å². The van der Waals surface area contributed by atoms with E-state index in [1.54, 1.807) is 24.0 Å². The molecule has 4 heteroatoms. The van der Waals surface area contributed by atoms with Gasteiger partial charge in [0.15, 0.2) is 0 Å². The van der Waals surface area contributed by atoms with E-state index in [1.807, 2.05) is 0 Å². The summed E-state index contributed by atoms with van der Waals surface area (Å²) in [5, 5.41) is 9.72. The number of aryl methyl sites for hydroxylation is 3. The Morgan fingerprint density at radius 1 is 1.20 bits per heavy atom. The van der Waals surface area contributed by atoms with Gasteiger partial charge in [0, 0.05) is 11.9 Å². The number of rotatable bonds is 4. The highest BCUT2D eigenvalue weighted by atomic mass is 32.2. The zero-order valence-corrected chi connectivity index (χ0v) is 12.6. The van der Waals surface area contributed by atoms with E-state index in [0.29, 0.717) is 0 Å². The lowest BCUT2D eigenvalue weighted by Gasteiger charge is -2.11. The number of hydrogen-bond acceptors (Lipinski definition) is 3. The Kier molecular flexibility index (Phi) is 4.45. The zero-order valence-electron chi connectivity index (χ0n) is 11.8. The molecule has 0 radical (unpaired) electrons. The summed E-state index contributed by atoms with van der Waals surface area (Å²) < 4.78 is 0. The van der Waals surface area contributed by atoms with Crippen molar-refractivity contribution in [1.82, 2.24) is 4.98 Å². The maximum absolute atomic E-state index is 10.9. The average molecular weight is 287 g/mol. The van der Waals surface area contributed by atoms with E-state index in [0.717, 1.165) is 10.8 Å². The van der Waals surface area contributed by atoms with Crippen LogP contribution in [0.25, 0.3) is 0 Å². The number of thioether (sulfide) groups is 1. The zero-order chi connectivity index (χ0) is 14.7. The molecule has 2 aromatic rings. The molecule has 104 valence electrons. The summed E-state index contributed by atoms with van der Waals surface area (Å²) in [6.45, 7) is 6.31. The second-order valence-electron chi connectivity index (χ2n) is 4.85. The highest BCUT2D eigenvalue weighted by Gasteiger charge is 2.08. The largest absolute Gasteiger partial charge is 0.478 e. The monoisotopic (exact) mass is 287 g/mol. The standard InChI is InChI=1S/C16H17NO2S/c1-10-6-11(2)14(12(3)7-10)9-20-15-8-13(16(18)19)4-5-17-15/h4-8H,9H2,1-3H3,(H,18,19). The van der Waals surface area contributed by atoms with Crippen molar-refractivity contribution in [3.05, 3.63) is 58.3 Å². The fourth-order valence-corrected chi connectivity index (χ4v) is 3.30. The number of nitrogens with zero attached hydrogens (tertiary/aromatic N) is 1. The second-order valence-corrected chi connectivity index (χ2v) is 5.85. The van der Waals surface area contributed by atoms with Crippen LogP contribution in [0.5, 0.6) is 0 Å². The number of pyridine rings is 1. The van der Waals surface area contributed by atoms with Gasteiger partial charge in [-0.05, 0) is 49.6 Å². The number of aromatic nitrogens is 1. The Hall–Kier alpha value is -1.81. The van der Waals surface area contributed by atoms with E-state index in [4.69, 9.17) is 5.11 Å². The fraction of sp³-hybridized carbons (Fsp3) is 0.250. The molecule has 20 heavy (non-hydrogen) atoms. The van der Waals surface area contributed by atoms with Gasteiger partial charge in [-0.3, -0.25) is 0 Å². The van der Waals surface area contributed by atoms with Gasteiger partial charge in [0.1, 0.15) is 0 Å². The Morgan fingerprint density at radius 3 is 2.45 bits per heavy atom. The van der Waals surface area contributed by atoms with Crippen molar-refractivity contribution in [2.45, 2.75) is 31.6 Å². The number of carbonyl (C=O) groups is 1. The van der Waals surface area contributed by atoms with E-state index in [-0.39, 0.29) is 5.56 Å².